The van der Waals surface area contributed by atoms with Crippen molar-refractivity contribution in [3.05, 3.63) is 39.4 Å². The van der Waals surface area contributed by atoms with Crippen LogP contribution in [0, 0.1) is 0 Å². The van der Waals surface area contributed by atoms with Crippen molar-refractivity contribution >= 4 is 41.3 Å². The fraction of sp³-hybridized carbons (Fsp3) is 0.500. The first kappa shape index (κ1) is 20.0. The number of aryl methyl sites for hydroxylation is 1. The van der Waals surface area contributed by atoms with Crippen molar-refractivity contribution in [1.29, 1.82) is 0 Å². The van der Waals surface area contributed by atoms with Crippen LogP contribution in [0.25, 0.3) is 0 Å². The third-order valence-electron chi connectivity index (χ3n) is 3.32. The van der Waals surface area contributed by atoms with Crippen LogP contribution in [0.15, 0.2) is 27.7 Å². The average molecular weight is 448 g/mol. The van der Waals surface area contributed by atoms with E-state index in [4.69, 9.17) is 4.52 Å². The van der Waals surface area contributed by atoms with Gasteiger partial charge in [-0.15, -0.1) is 35.3 Å². The van der Waals surface area contributed by atoms with Gasteiger partial charge in [0.1, 0.15) is 0 Å². The summed E-state index contributed by atoms with van der Waals surface area (Å²) < 4.78 is 5.31. The van der Waals surface area contributed by atoms with Crippen LogP contribution in [-0.4, -0.2) is 18.2 Å². The Kier molecular flexibility index (Phi) is 8.60. The molecule has 128 valence electrons. The van der Waals surface area contributed by atoms with Gasteiger partial charge < -0.3 is 15.2 Å². The fourth-order valence-electron chi connectivity index (χ4n) is 1.95. The molecule has 0 spiro atoms. The summed E-state index contributed by atoms with van der Waals surface area (Å²) in [6, 6.07) is 6.33. The van der Waals surface area contributed by atoms with E-state index in [-0.39, 0.29) is 24.0 Å². The molecule has 0 unspecified atom stereocenters. The molecule has 0 aliphatic carbocycles. The van der Waals surface area contributed by atoms with E-state index in [2.05, 4.69) is 53.7 Å². The standard InChI is InChI=1S/C16H24N4OS.HI/c1-5-13-6-7-14(22-13)10-19-16(17-4)18-9-12-8-15(11(2)3)20-21-12;/h6-8,11H,5,9-10H2,1-4H3,(H2,17,18,19);1H. The van der Waals surface area contributed by atoms with Gasteiger partial charge in [-0.05, 0) is 24.5 Å². The Morgan fingerprint density at radius 2 is 1.96 bits per heavy atom. The van der Waals surface area contributed by atoms with Crippen LogP contribution >= 0.6 is 35.3 Å². The van der Waals surface area contributed by atoms with Crippen molar-refractivity contribution in [2.24, 2.45) is 4.99 Å². The first-order valence-electron chi connectivity index (χ1n) is 7.60. The van der Waals surface area contributed by atoms with Crippen LogP contribution in [0.5, 0.6) is 0 Å². The van der Waals surface area contributed by atoms with E-state index in [1.807, 2.05) is 17.4 Å². The Bertz CT molecular complexity index is 621. The van der Waals surface area contributed by atoms with Gasteiger partial charge in [-0.25, -0.2) is 0 Å². The van der Waals surface area contributed by atoms with Crippen LogP contribution in [0.3, 0.4) is 0 Å². The molecular formula is C16H25IN4OS. The quantitative estimate of drug-likeness (QED) is 0.400. The van der Waals surface area contributed by atoms with Crippen molar-refractivity contribution in [2.45, 2.75) is 46.2 Å². The van der Waals surface area contributed by atoms with E-state index in [0.29, 0.717) is 12.5 Å². The summed E-state index contributed by atoms with van der Waals surface area (Å²) in [6.07, 6.45) is 1.08. The van der Waals surface area contributed by atoms with Crippen LogP contribution in [0.2, 0.25) is 0 Å². The van der Waals surface area contributed by atoms with E-state index < -0.39 is 0 Å². The van der Waals surface area contributed by atoms with Crippen molar-refractivity contribution in [1.82, 2.24) is 15.8 Å². The SMILES string of the molecule is CCc1ccc(CNC(=NC)NCc2cc(C(C)C)no2)s1.I. The number of aromatic nitrogens is 1. The summed E-state index contributed by atoms with van der Waals surface area (Å²) in [4.78, 5) is 6.94. The molecule has 0 aromatic carbocycles. The number of nitrogens with one attached hydrogen (secondary N) is 2. The summed E-state index contributed by atoms with van der Waals surface area (Å²) in [5, 5.41) is 10.6. The lowest BCUT2D eigenvalue weighted by atomic mass is 10.1. The lowest BCUT2D eigenvalue weighted by Crippen LogP contribution is -2.36. The van der Waals surface area contributed by atoms with E-state index in [0.717, 1.165) is 30.4 Å². The Balaban J connectivity index is 0.00000264. The van der Waals surface area contributed by atoms with Crippen molar-refractivity contribution < 1.29 is 4.52 Å². The summed E-state index contributed by atoms with van der Waals surface area (Å²) >= 11 is 1.83. The Labute approximate surface area is 159 Å². The number of rotatable bonds is 6. The molecule has 0 aliphatic heterocycles. The lowest BCUT2D eigenvalue weighted by molar-refractivity contribution is 0.372. The molecule has 2 aromatic heterocycles. The predicted octanol–water partition coefficient (Wildman–Crippen LogP) is 3.91. The zero-order valence-corrected chi connectivity index (χ0v) is 17.2. The first-order valence-corrected chi connectivity index (χ1v) is 8.41. The summed E-state index contributed by atoms with van der Waals surface area (Å²) in [6.45, 7) is 7.72. The Hall–Kier alpha value is -1.09. The fourth-order valence-corrected chi connectivity index (χ4v) is 2.85. The number of nitrogens with zero attached hydrogens (tertiary/aromatic N) is 2. The zero-order chi connectivity index (χ0) is 15.9. The summed E-state index contributed by atoms with van der Waals surface area (Å²) in [5.74, 6) is 1.95. The molecular weight excluding hydrogens is 423 g/mol. The monoisotopic (exact) mass is 448 g/mol. The van der Waals surface area contributed by atoms with Crippen molar-refractivity contribution in [3.8, 4) is 0 Å². The zero-order valence-electron chi connectivity index (χ0n) is 14.0. The second-order valence-electron chi connectivity index (χ2n) is 5.37. The second kappa shape index (κ2) is 9.92. The van der Waals surface area contributed by atoms with Gasteiger partial charge in [0, 0.05) is 22.9 Å². The van der Waals surface area contributed by atoms with Gasteiger partial charge in [0.15, 0.2) is 11.7 Å². The largest absolute Gasteiger partial charge is 0.359 e. The molecule has 0 saturated carbocycles. The van der Waals surface area contributed by atoms with Crippen molar-refractivity contribution in [2.75, 3.05) is 7.05 Å². The van der Waals surface area contributed by atoms with Crippen LogP contribution in [0.1, 0.15) is 47.9 Å². The van der Waals surface area contributed by atoms with Crippen LogP contribution in [0.4, 0.5) is 0 Å². The van der Waals surface area contributed by atoms with Crippen molar-refractivity contribution in [3.63, 3.8) is 0 Å². The summed E-state index contributed by atoms with van der Waals surface area (Å²) in [7, 11) is 1.77. The molecule has 0 atom stereocenters. The Morgan fingerprint density at radius 1 is 1.26 bits per heavy atom. The predicted molar refractivity (Wildman–Crippen MR) is 107 cm³/mol. The molecule has 7 heteroatoms. The molecule has 2 aromatic rings. The maximum Gasteiger partial charge on any atom is 0.191 e. The Morgan fingerprint density at radius 3 is 2.52 bits per heavy atom. The molecule has 0 fully saturated rings. The van der Waals surface area contributed by atoms with Gasteiger partial charge in [0.2, 0.25) is 0 Å². The number of hydrogen-bond acceptors (Lipinski definition) is 4. The van der Waals surface area contributed by atoms with Gasteiger partial charge in [-0.2, -0.15) is 0 Å². The third kappa shape index (κ3) is 6.14. The molecule has 0 radical (unpaired) electrons. The number of guanidine groups is 1. The number of hydrogen-bond donors (Lipinski definition) is 2. The van der Waals surface area contributed by atoms with E-state index in [1.165, 1.54) is 9.75 Å². The van der Waals surface area contributed by atoms with Gasteiger partial charge >= 0.3 is 0 Å². The lowest BCUT2D eigenvalue weighted by Gasteiger charge is -2.09. The molecule has 2 N–H and O–H groups in total. The van der Waals surface area contributed by atoms with E-state index in [1.54, 1.807) is 7.05 Å². The normalized spacial score (nSPS) is 11.4. The molecule has 5 nitrogen and oxygen atoms in total. The van der Waals surface area contributed by atoms with Crippen LogP contribution in [-0.2, 0) is 19.5 Å². The molecule has 23 heavy (non-hydrogen) atoms. The highest BCUT2D eigenvalue weighted by atomic mass is 127. The van der Waals surface area contributed by atoms with Gasteiger partial charge in [0.25, 0.3) is 0 Å². The molecule has 0 amide bonds. The summed E-state index contributed by atoms with van der Waals surface area (Å²) in [5.41, 5.74) is 0.977. The number of halogens is 1. The maximum atomic E-state index is 5.31. The van der Waals surface area contributed by atoms with E-state index in [9.17, 15) is 0 Å². The molecule has 2 rings (SSSR count). The molecule has 2 heterocycles. The smallest absolute Gasteiger partial charge is 0.191 e. The first-order chi connectivity index (χ1) is 10.6. The number of thiophene rings is 1. The van der Waals surface area contributed by atoms with Gasteiger partial charge in [-0.3, -0.25) is 4.99 Å². The highest BCUT2D eigenvalue weighted by Crippen LogP contribution is 2.16. The molecule has 0 saturated heterocycles. The minimum absolute atomic E-state index is 0. The highest BCUT2D eigenvalue weighted by Gasteiger charge is 2.08. The minimum Gasteiger partial charge on any atom is -0.359 e. The molecule has 0 bridgehead atoms. The molecule has 0 aliphatic rings. The van der Waals surface area contributed by atoms with Crippen LogP contribution < -0.4 is 10.6 Å². The third-order valence-corrected chi connectivity index (χ3v) is 4.55. The topological polar surface area (TPSA) is 62.5 Å². The minimum atomic E-state index is 0. The van der Waals surface area contributed by atoms with E-state index >= 15 is 0 Å². The highest BCUT2D eigenvalue weighted by molar-refractivity contribution is 14.0. The number of aliphatic imine (C=N–C) groups is 1. The van der Waals surface area contributed by atoms with Gasteiger partial charge in [-0.1, -0.05) is 25.9 Å². The maximum absolute atomic E-state index is 5.31. The average Bonchev–Trinajstić information content (AvgIpc) is 3.16. The van der Waals surface area contributed by atoms with Gasteiger partial charge in [0.05, 0.1) is 18.8 Å². The second-order valence-corrected chi connectivity index (χ2v) is 6.63.